The molecule has 2 aromatic rings. The van der Waals surface area contributed by atoms with E-state index in [-0.39, 0.29) is 11.7 Å². The molecule has 128 valence electrons. The minimum atomic E-state index is -0.216. The molecule has 7 heteroatoms. The number of amides is 1. The lowest BCUT2D eigenvalue weighted by molar-refractivity contribution is -0.113. The lowest BCUT2D eigenvalue weighted by atomic mass is 10.2. The monoisotopic (exact) mass is 373 g/mol. The molecule has 1 N–H and O–H groups in total. The highest BCUT2D eigenvalue weighted by Crippen LogP contribution is 2.41. The highest BCUT2D eigenvalue weighted by molar-refractivity contribution is 8.27. The van der Waals surface area contributed by atoms with Crippen LogP contribution in [-0.4, -0.2) is 29.6 Å². The quantitative estimate of drug-likeness (QED) is 0.650. The number of thioether (sulfide) groups is 1. The van der Waals surface area contributed by atoms with E-state index < -0.39 is 0 Å². The van der Waals surface area contributed by atoms with Crippen molar-refractivity contribution in [1.82, 2.24) is 0 Å². The standard InChI is InChI=1S/C18H15NO4S2/c1-22-13-7-8-14(15(10-13)23-2)19-17(21)16(25-18(19)24)9-11-3-5-12(20)6-4-11/h3-10,20H,1-2H3/b16-9-. The summed E-state index contributed by atoms with van der Waals surface area (Å²) in [6, 6.07) is 11.8. The van der Waals surface area contributed by atoms with Crippen molar-refractivity contribution < 1.29 is 19.4 Å². The molecule has 1 fully saturated rings. The summed E-state index contributed by atoms with van der Waals surface area (Å²) >= 11 is 6.61. The molecule has 0 bridgehead atoms. The number of benzene rings is 2. The van der Waals surface area contributed by atoms with Gasteiger partial charge in [-0.3, -0.25) is 9.69 Å². The van der Waals surface area contributed by atoms with Gasteiger partial charge in [-0.2, -0.15) is 0 Å². The maximum absolute atomic E-state index is 12.8. The first-order valence-electron chi connectivity index (χ1n) is 7.32. The Morgan fingerprint density at radius 1 is 1.12 bits per heavy atom. The second-order valence-electron chi connectivity index (χ2n) is 5.15. The molecule has 0 aliphatic carbocycles. The normalized spacial score (nSPS) is 15.8. The van der Waals surface area contributed by atoms with E-state index in [2.05, 4.69) is 0 Å². The molecular formula is C18H15NO4S2. The van der Waals surface area contributed by atoms with Gasteiger partial charge in [-0.05, 0) is 35.9 Å². The lowest BCUT2D eigenvalue weighted by Gasteiger charge is -2.18. The number of nitrogens with zero attached hydrogens (tertiary/aromatic N) is 1. The maximum Gasteiger partial charge on any atom is 0.270 e. The van der Waals surface area contributed by atoms with Gasteiger partial charge in [-0.15, -0.1) is 0 Å². The first-order valence-corrected chi connectivity index (χ1v) is 8.55. The summed E-state index contributed by atoms with van der Waals surface area (Å²) in [6.45, 7) is 0. The zero-order valence-electron chi connectivity index (χ0n) is 13.6. The van der Waals surface area contributed by atoms with Gasteiger partial charge >= 0.3 is 0 Å². The highest BCUT2D eigenvalue weighted by atomic mass is 32.2. The number of aromatic hydroxyl groups is 1. The Balaban J connectivity index is 1.95. The topological polar surface area (TPSA) is 59.0 Å². The van der Waals surface area contributed by atoms with Crippen LogP contribution in [0.2, 0.25) is 0 Å². The van der Waals surface area contributed by atoms with Crippen molar-refractivity contribution in [3.8, 4) is 17.2 Å². The lowest BCUT2D eigenvalue weighted by Crippen LogP contribution is -2.27. The fourth-order valence-corrected chi connectivity index (χ4v) is 3.65. The second-order valence-corrected chi connectivity index (χ2v) is 6.82. The fraction of sp³-hybridized carbons (Fsp3) is 0.111. The molecule has 0 spiro atoms. The number of carbonyl (C=O) groups is 1. The van der Waals surface area contributed by atoms with Crippen molar-refractivity contribution in [2.45, 2.75) is 0 Å². The van der Waals surface area contributed by atoms with E-state index in [9.17, 15) is 9.90 Å². The molecule has 0 saturated carbocycles. The van der Waals surface area contributed by atoms with Gasteiger partial charge in [0.25, 0.3) is 5.91 Å². The summed E-state index contributed by atoms with van der Waals surface area (Å²) in [5.74, 6) is 1.09. The number of phenols is 1. The van der Waals surface area contributed by atoms with Gasteiger partial charge in [0.1, 0.15) is 17.2 Å². The highest BCUT2D eigenvalue weighted by Gasteiger charge is 2.35. The van der Waals surface area contributed by atoms with Gasteiger partial charge < -0.3 is 14.6 Å². The Hall–Kier alpha value is -2.51. The van der Waals surface area contributed by atoms with Crippen LogP contribution in [0.5, 0.6) is 17.2 Å². The van der Waals surface area contributed by atoms with Crippen molar-refractivity contribution in [2.24, 2.45) is 0 Å². The molecule has 0 atom stereocenters. The van der Waals surface area contributed by atoms with Crippen LogP contribution in [0, 0.1) is 0 Å². The van der Waals surface area contributed by atoms with Crippen LogP contribution in [0.3, 0.4) is 0 Å². The van der Waals surface area contributed by atoms with Crippen LogP contribution in [0.15, 0.2) is 47.4 Å². The number of phenolic OH excluding ortho intramolecular Hbond substituents is 1. The molecule has 0 unspecified atom stereocenters. The van der Waals surface area contributed by atoms with Crippen molar-refractivity contribution >= 4 is 46.0 Å². The number of methoxy groups -OCH3 is 2. The molecule has 1 heterocycles. The van der Waals surface area contributed by atoms with Crippen LogP contribution in [0.1, 0.15) is 5.56 Å². The number of carbonyl (C=O) groups excluding carboxylic acids is 1. The third kappa shape index (κ3) is 3.47. The van der Waals surface area contributed by atoms with E-state index in [0.29, 0.717) is 26.4 Å². The van der Waals surface area contributed by atoms with Gasteiger partial charge in [0, 0.05) is 6.07 Å². The van der Waals surface area contributed by atoms with Crippen LogP contribution >= 0.6 is 24.0 Å². The van der Waals surface area contributed by atoms with E-state index in [1.54, 1.807) is 55.7 Å². The minimum Gasteiger partial charge on any atom is -0.508 e. The van der Waals surface area contributed by atoms with Gasteiger partial charge in [-0.25, -0.2) is 0 Å². The van der Waals surface area contributed by atoms with E-state index in [4.69, 9.17) is 21.7 Å². The van der Waals surface area contributed by atoms with Crippen LogP contribution in [0.25, 0.3) is 6.08 Å². The first kappa shape index (κ1) is 17.3. The molecule has 5 nitrogen and oxygen atoms in total. The minimum absolute atomic E-state index is 0.174. The van der Waals surface area contributed by atoms with Gasteiger partial charge in [0.05, 0.1) is 24.8 Å². The third-order valence-corrected chi connectivity index (χ3v) is 4.91. The molecule has 25 heavy (non-hydrogen) atoms. The molecule has 1 amide bonds. The molecule has 2 aromatic carbocycles. The Kier molecular flexibility index (Phi) is 4.96. The molecule has 0 aromatic heterocycles. The van der Waals surface area contributed by atoms with Crippen LogP contribution < -0.4 is 14.4 Å². The Morgan fingerprint density at radius 3 is 2.48 bits per heavy atom. The van der Waals surface area contributed by atoms with E-state index in [1.165, 1.54) is 23.8 Å². The molecule has 1 aliphatic rings. The second kappa shape index (κ2) is 7.16. The van der Waals surface area contributed by atoms with E-state index in [0.717, 1.165) is 5.56 Å². The number of hydrogen-bond acceptors (Lipinski definition) is 6. The predicted octanol–water partition coefficient (Wildman–Crippen LogP) is 3.82. The van der Waals surface area contributed by atoms with Crippen molar-refractivity contribution in [2.75, 3.05) is 19.1 Å². The van der Waals surface area contributed by atoms with Crippen molar-refractivity contribution in [1.29, 1.82) is 0 Å². The number of ether oxygens (including phenoxy) is 2. The number of thiocarbonyl (C=S) groups is 1. The van der Waals surface area contributed by atoms with E-state index >= 15 is 0 Å². The average Bonchev–Trinajstić information content (AvgIpc) is 2.90. The van der Waals surface area contributed by atoms with Gasteiger partial charge in [0.15, 0.2) is 4.32 Å². The summed E-state index contributed by atoms with van der Waals surface area (Å²) in [5, 5.41) is 9.36. The van der Waals surface area contributed by atoms with Crippen molar-refractivity contribution in [3.05, 3.63) is 52.9 Å². The summed E-state index contributed by atoms with van der Waals surface area (Å²) in [5.41, 5.74) is 1.37. The van der Waals surface area contributed by atoms with Crippen molar-refractivity contribution in [3.63, 3.8) is 0 Å². The van der Waals surface area contributed by atoms with Gasteiger partial charge in [-0.1, -0.05) is 36.1 Å². The summed E-state index contributed by atoms with van der Waals surface area (Å²) in [7, 11) is 3.09. The van der Waals surface area contributed by atoms with Crippen LogP contribution in [0.4, 0.5) is 5.69 Å². The Labute approximate surface area is 154 Å². The predicted molar refractivity (Wildman–Crippen MR) is 103 cm³/mol. The number of hydrogen-bond donors (Lipinski definition) is 1. The molecule has 3 rings (SSSR count). The third-order valence-electron chi connectivity index (χ3n) is 3.61. The molecule has 0 radical (unpaired) electrons. The molecule has 1 saturated heterocycles. The number of anilines is 1. The van der Waals surface area contributed by atoms with Crippen LogP contribution in [-0.2, 0) is 4.79 Å². The SMILES string of the molecule is COc1ccc(N2C(=O)/C(=C/c3ccc(O)cc3)SC2=S)c(OC)c1. The molecular weight excluding hydrogens is 358 g/mol. The average molecular weight is 373 g/mol. The smallest absolute Gasteiger partial charge is 0.270 e. The zero-order chi connectivity index (χ0) is 18.0. The Morgan fingerprint density at radius 2 is 1.84 bits per heavy atom. The fourth-order valence-electron chi connectivity index (χ4n) is 2.37. The summed E-state index contributed by atoms with van der Waals surface area (Å²) in [6.07, 6.45) is 1.74. The molecule has 1 aliphatic heterocycles. The maximum atomic E-state index is 12.8. The first-order chi connectivity index (χ1) is 12.0. The summed E-state index contributed by atoms with van der Waals surface area (Å²) < 4.78 is 11.0. The number of rotatable bonds is 4. The Bertz CT molecular complexity index is 862. The van der Waals surface area contributed by atoms with Gasteiger partial charge in [0.2, 0.25) is 0 Å². The van der Waals surface area contributed by atoms with E-state index in [1.807, 2.05) is 0 Å². The zero-order valence-corrected chi connectivity index (χ0v) is 15.2. The summed E-state index contributed by atoms with van der Waals surface area (Å²) in [4.78, 5) is 14.8. The largest absolute Gasteiger partial charge is 0.508 e.